The molecule has 0 aliphatic rings. The Balaban J connectivity index is 2.68. The van der Waals surface area contributed by atoms with Gasteiger partial charge in [0, 0.05) is 0 Å². The van der Waals surface area contributed by atoms with E-state index in [1.54, 1.807) is 14.2 Å². The van der Waals surface area contributed by atoms with E-state index in [9.17, 15) is 0 Å². The van der Waals surface area contributed by atoms with Crippen molar-refractivity contribution in [3.8, 4) is 5.75 Å². The monoisotopic (exact) mass is 360 g/mol. The molecule has 0 heterocycles. The van der Waals surface area contributed by atoms with Crippen LogP contribution in [0.25, 0.3) is 6.08 Å². The van der Waals surface area contributed by atoms with Crippen LogP contribution in [0.5, 0.6) is 5.75 Å². The van der Waals surface area contributed by atoms with Crippen molar-refractivity contribution >= 4 is 10.2 Å². The van der Waals surface area contributed by atoms with E-state index >= 15 is 0 Å². The molecule has 1 rings (SSSR count). The average molecular weight is 360 g/mol. The Hall–Kier alpha value is -0.722. The number of benzene rings is 1. The van der Waals surface area contributed by atoms with Crippen molar-refractivity contribution in [1.82, 2.24) is 0 Å². The number of hydrogen-bond donors (Lipinski definition) is 0. The summed E-state index contributed by atoms with van der Waals surface area (Å²) in [6.07, 6.45) is 3.99. The Bertz CT molecular complexity index is 328. The number of methoxy groups -OCH3 is 2. The zero-order chi connectivity index (χ0) is 10.4. The molecular weight excluding hydrogens is 348 g/mol. The van der Waals surface area contributed by atoms with E-state index < -0.39 is 0 Å². The number of hydrogen-bond acceptors (Lipinski definition) is 2. The molecule has 0 spiro atoms. The van der Waals surface area contributed by atoms with E-state index in [0.29, 0.717) is 0 Å². The summed E-state index contributed by atoms with van der Waals surface area (Å²) in [7, 11) is 3.34. The van der Waals surface area contributed by atoms with E-state index in [-0.39, 0.29) is 0 Å². The molecule has 1 aromatic rings. The Kier molecular flexibility index (Phi) is 4.78. The first-order valence-corrected chi connectivity index (χ1v) is 5.63. The van der Waals surface area contributed by atoms with E-state index in [4.69, 9.17) is 9.47 Å². The van der Waals surface area contributed by atoms with Gasteiger partial charge in [0.15, 0.2) is 0 Å². The van der Waals surface area contributed by atoms with Gasteiger partial charge in [-0.05, 0) is 0 Å². The Labute approximate surface area is 94.9 Å². The average Bonchev–Trinajstić information content (AvgIpc) is 2.26. The van der Waals surface area contributed by atoms with E-state index in [0.717, 1.165) is 15.4 Å². The Morgan fingerprint density at radius 2 is 1.86 bits per heavy atom. The summed E-state index contributed by atoms with van der Waals surface area (Å²) < 4.78 is 11.1. The van der Waals surface area contributed by atoms with Crippen LogP contribution in [0.1, 0.15) is 5.56 Å². The standard InChI is InChI=1S/C11H12O2.W/c1-12-9-3-4-10-5-7-11(13-2)8-6-10;/h3-8H,1-2H3;/b4-3+;. The summed E-state index contributed by atoms with van der Waals surface area (Å²) in [5, 5.41) is 0. The molecule has 0 bridgehead atoms. The quantitative estimate of drug-likeness (QED) is 0.819. The fourth-order valence-corrected chi connectivity index (χ4v) is 1.19. The number of ether oxygens (including phenoxy) is 2. The molecule has 1 aromatic carbocycles. The van der Waals surface area contributed by atoms with Crippen LogP contribution in [0.2, 0.25) is 0 Å². The van der Waals surface area contributed by atoms with Crippen molar-refractivity contribution in [2.24, 2.45) is 0 Å². The van der Waals surface area contributed by atoms with Crippen molar-refractivity contribution in [2.45, 2.75) is 0 Å². The zero-order valence-electron chi connectivity index (χ0n) is 8.19. The third-order valence-electron chi connectivity index (χ3n) is 1.73. The molecule has 0 aliphatic carbocycles. The summed E-state index contributed by atoms with van der Waals surface area (Å²) >= 11 is 1.33. The summed E-state index contributed by atoms with van der Waals surface area (Å²) in [6.45, 7) is 0. The summed E-state index contributed by atoms with van der Waals surface area (Å²) in [5.74, 6) is 0.875. The van der Waals surface area contributed by atoms with Gasteiger partial charge in [-0.25, -0.2) is 0 Å². The minimum absolute atomic E-state index is 0.875. The summed E-state index contributed by atoms with van der Waals surface area (Å²) in [5.41, 5.74) is 1.14. The van der Waals surface area contributed by atoms with Crippen molar-refractivity contribution in [1.29, 1.82) is 0 Å². The molecule has 0 saturated heterocycles. The van der Waals surface area contributed by atoms with Gasteiger partial charge in [-0.1, -0.05) is 0 Å². The van der Waals surface area contributed by atoms with Gasteiger partial charge in [0.25, 0.3) is 0 Å². The van der Waals surface area contributed by atoms with Crippen molar-refractivity contribution < 1.29 is 28.8 Å². The first-order chi connectivity index (χ1) is 6.76. The second-order valence-electron chi connectivity index (χ2n) is 2.63. The second kappa shape index (κ2) is 5.89. The third kappa shape index (κ3) is 3.57. The first kappa shape index (κ1) is 11.4. The van der Waals surface area contributed by atoms with Crippen LogP contribution in [0.3, 0.4) is 0 Å². The summed E-state index contributed by atoms with van der Waals surface area (Å²) in [6, 6.07) is 7.89. The van der Waals surface area contributed by atoms with Crippen LogP contribution in [-0.2, 0) is 24.1 Å². The van der Waals surface area contributed by atoms with E-state index in [2.05, 4.69) is 0 Å². The first-order valence-electron chi connectivity index (χ1n) is 4.16. The van der Waals surface area contributed by atoms with Crippen LogP contribution in [0.4, 0.5) is 0 Å². The normalized spacial score (nSPS) is 10.4. The molecule has 0 radical (unpaired) electrons. The molecule has 0 aromatic heterocycles. The molecule has 74 valence electrons. The molecule has 0 saturated carbocycles. The van der Waals surface area contributed by atoms with Crippen molar-refractivity contribution in [3.05, 3.63) is 35.9 Å². The van der Waals surface area contributed by atoms with Gasteiger partial charge >= 0.3 is 94.9 Å². The van der Waals surface area contributed by atoms with E-state index in [1.807, 2.05) is 36.4 Å². The molecule has 0 unspecified atom stereocenters. The number of rotatable bonds is 4. The van der Waals surface area contributed by atoms with E-state index in [1.165, 1.54) is 19.4 Å². The van der Waals surface area contributed by atoms with Gasteiger partial charge in [0.1, 0.15) is 0 Å². The SMILES string of the molecule is CO[C](=[W])/C=C/c1ccc(OC)cc1. The maximum absolute atomic E-state index is 5.07. The van der Waals surface area contributed by atoms with Gasteiger partial charge in [0.2, 0.25) is 0 Å². The van der Waals surface area contributed by atoms with Gasteiger partial charge in [0.05, 0.1) is 0 Å². The summed E-state index contributed by atoms with van der Waals surface area (Å²) in [4.78, 5) is 0. The van der Waals surface area contributed by atoms with Crippen LogP contribution in [0, 0.1) is 0 Å². The maximum atomic E-state index is 5.07. The van der Waals surface area contributed by atoms with Crippen LogP contribution >= 0.6 is 0 Å². The molecule has 0 fully saturated rings. The molecule has 0 amide bonds. The van der Waals surface area contributed by atoms with Gasteiger partial charge < -0.3 is 0 Å². The fraction of sp³-hybridized carbons (Fsp3) is 0.182. The zero-order valence-corrected chi connectivity index (χ0v) is 11.1. The molecule has 14 heavy (non-hydrogen) atoms. The van der Waals surface area contributed by atoms with Gasteiger partial charge in [-0.15, -0.1) is 0 Å². The van der Waals surface area contributed by atoms with Gasteiger partial charge in [-0.2, -0.15) is 0 Å². The Morgan fingerprint density at radius 3 is 2.36 bits per heavy atom. The third-order valence-corrected chi connectivity index (χ3v) is 2.82. The molecule has 0 N–H and O–H groups in total. The predicted octanol–water partition coefficient (Wildman–Crippen LogP) is 2.03. The molecule has 0 atom stereocenters. The van der Waals surface area contributed by atoms with Crippen LogP contribution in [-0.4, -0.2) is 18.3 Å². The second-order valence-corrected chi connectivity index (χ2v) is 4.08. The molecule has 0 aliphatic heterocycles. The molecule has 3 heteroatoms. The fourth-order valence-electron chi connectivity index (χ4n) is 0.947. The molecular formula is C11H12O2W. The van der Waals surface area contributed by atoms with Gasteiger partial charge in [-0.3, -0.25) is 0 Å². The van der Waals surface area contributed by atoms with Crippen molar-refractivity contribution in [2.75, 3.05) is 14.2 Å². The van der Waals surface area contributed by atoms with Crippen molar-refractivity contribution in [3.63, 3.8) is 0 Å². The minimum atomic E-state index is 0.875. The topological polar surface area (TPSA) is 18.5 Å². The molecule has 2 nitrogen and oxygen atoms in total. The Morgan fingerprint density at radius 1 is 1.21 bits per heavy atom. The van der Waals surface area contributed by atoms with Crippen LogP contribution < -0.4 is 4.74 Å². The van der Waals surface area contributed by atoms with Crippen LogP contribution in [0.15, 0.2) is 30.3 Å². The predicted molar refractivity (Wildman–Crippen MR) is 54.0 cm³/mol.